The van der Waals surface area contributed by atoms with E-state index >= 15 is 0 Å². The minimum Gasteiger partial charge on any atom is -0.373 e. The lowest BCUT2D eigenvalue weighted by Crippen LogP contribution is -2.54. The van der Waals surface area contributed by atoms with E-state index in [1.54, 1.807) is 0 Å². The van der Waals surface area contributed by atoms with Crippen LogP contribution in [0.15, 0.2) is 18.2 Å². The molecule has 0 aliphatic heterocycles. The van der Waals surface area contributed by atoms with Crippen LogP contribution in [-0.2, 0) is 0 Å². The lowest BCUT2D eigenvalue weighted by molar-refractivity contribution is 0.0738. The highest BCUT2D eigenvalue weighted by atomic mass is 15.2. The first kappa shape index (κ1) is 12.2. The molecule has 1 aliphatic carbocycles. The average molecular weight is 234 g/mol. The van der Waals surface area contributed by atoms with Gasteiger partial charge in [0.15, 0.2) is 0 Å². The van der Waals surface area contributed by atoms with E-state index in [1.807, 2.05) is 25.2 Å². The van der Waals surface area contributed by atoms with Crippen molar-refractivity contribution in [3.63, 3.8) is 0 Å². The third kappa shape index (κ3) is 2.52. The summed E-state index contributed by atoms with van der Waals surface area (Å²) in [7, 11) is 6.22. The normalized spacial score (nSPS) is 17.6. The van der Waals surface area contributed by atoms with Crippen LogP contribution in [-0.4, -0.2) is 43.1 Å². The third-order valence-electron chi connectivity index (χ3n) is 3.84. The number of aromatic nitrogens is 1. The molecule has 0 amide bonds. The minimum absolute atomic E-state index is 0.331. The Kier molecular flexibility index (Phi) is 3.52. The average Bonchev–Trinajstić information content (AvgIpc) is 2.27. The van der Waals surface area contributed by atoms with Crippen molar-refractivity contribution in [1.29, 1.82) is 0 Å². The largest absolute Gasteiger partial charge is 0.373 e. The first-order valence-electron chi connectivity index (χ1n) is 6.22. The van der Waals surface area contributed by atoms with Gasteiger partial charge >= 0.3 is 0 Å². The van der Waals surface area contributed by atoms with E-state index in [1.165, 1.54) is 19.3 Å². The van der Waals surface area contributed by atoms with Crippen LogP contribution in [0.3, 0.4) is 0 Å². The molecule has 1 saturated carbocycles. The second-order valence-electron chi connectivity index (χ2n) is 4.98. The van der Waals surface area contributed by atoms with Crippen LogP contribution in [0.5, 0.6) is 0 Å². The molecule has 1 heterocycles. The number of pyridine rings is 1. The van der Waals surface area contributed by atoms with Crippen molar-refractivity contribution in [3.05, 3.63) is 18.2 Å². The number of hydrogen-bond donors (Lipinski definition) is 2. The molecule has 1 aromatic rings. The molecule has 94 valence electrons. The number of rotatable bonds is 5. The molecule has 0 spiro atoms. The molecule has 1 fully saturated rings. The Morgan fingerprint density at radius 2 is 2.00 bits per heavy atom. The Bertz CT molecular complexity index is 371. The summed E-state index contributed by atoms with van der Waals surface area (Å²) < 4.78 is 0. The second-order valence-corrected chi connectivity index (χ2v) is 4.98. The van der Waals surface area contributed by atoms with E-state index in [4.69, 9.17) is 0 Å². The highest BCUT2D eigenvalue weighted by molar-refractivity contribution is 5.45. The predicted octanol–water partition coefficient (Wildman–Crippen LogP) is 2.02. The van der Waals surface area contributed by atoms with Crippen LogP contribution in [0.25, 0.3) is 0 Å². The lowest BCUT2D eigenvalue weighted by Gasteiger charge is -2.47. The molecule has 0 aromatic carbocycles. The summed E-state index contributed by atoms with van der Waals surface area (Å²) in [6, 6.07) is 6.00. The first-order chi connectivity index (χ1) is 8.16. The summed E-state index contributed by atoms with van der Waals surface area (Å²) in [5.41, 5.74) is 0.331. The van der Waals surface area contributed by atoms with Crippen molar-refractivity contribution in [1.82, 2.24) is 9.88 Å². The van der Waals surface area contributed by atoms with Crippen LogP contribution < -0.4 is 10.6 Å². The number of nitrogens with one attached hydrogen (secondary N) is 2. The number of hydrogen-bond acceptors (Lipinski definition) is 4. The molecule has 2 N–H and O–H groups in total. The van der Waals surface area contributed by atoms with E-state index in [0.29, 0.717) is 5.54 Å². The van der Waals surface area contributed by atoms with Gasteiger partial charge in [-0.15, -0.1) is 0 Å². The molecule has 1 aromatic heterocycles. The first-order valence-corrected chi connectivity index (χ1v) is 6.22. The van der Waals surface area contributed by atoms with Gasteiger partial charge in [0.1, 0.15) is 11.6 Å². The van der Waals surface area contributed by atoms with Crippen LogP contribution in [0.1, 0.15) is 19.3 Å². The van der Waals surface area contributed by atoms with Gasteiger partial charge in [-0.1, -0.05) is 6.07 Å². The van der Waals surface area contributed by atoms with Crippen LogP contribution in [0.4, 0.5) is 11.6 Å². The van der Waals surface area contributed by atoms with Gasteiger partial charge in [-0.05, 0) is 45.5 Å². The quantitative estimate of drug-likeness (QED) is 0.817. The molecular formula is C13H22N4. The van der Waals surface area contributed by atoms with Crippen LogP contribution in [0, 0.1) is 0 Å². The molecule has 4 heteroatoms. The maximum atomic E-state index is 4.47. The zero-order valence-corrected chi connectivity index (χ0v) is 11.0. The Morgan fingerprint density at radius 3 is 2.53 bits per heavy atom. The highest BCUT2D eigenvalue weighted by Gasteiger charge is 2.38. The maximum Gasteiger partial charge on any atom is 0.128 e. The van der Waals surface area contributed by atoms with Crippen molar-refractivity contribution in [2.24, 2.45) is 0 Å². The van der Waals surface area contributed by atoms with Gasteiger partial charge in [0, 0.05) is 19.1 Å². The Hall–Kier alpha value is -1.29. The van der Waals surface area contributed by atoms with Crippen molar-refractivity contribution < 1.29 is 0 Å². The minimum atomic E-state index is 0.331. The molecule has 2 rings (SSSR count). The number of anilines is 2. The van der Waals surface area contributed by atoms with Gasteiger partial charge in [-0.3, -0.25) is 0 Å². The van der Waals surface area contributed by atoms with Gasteiger partial charge in [-0.25, -0.2) is 4.98 Å². The van der Waals surface area contributed by atoms with Crippen molar-refractivity contribution in [2.75, 3.05) is 38.3 Å². The maximum absolute atomic E-state index is 4.47. The Labute approximate surface area is 103 Å². The topological polar surface area (TPSA) is 40.2 Å². The highest BCUT2D eigenvalue weighted by Crippen LogP contribution is 2.36. The van der Waals surface area contributed by atoms with Gasteiger partial charge in [0.05, 0.1) is 0 Å². The molecule has 0 bridgehead atoms. The van der Waals surface area contributed by atoms with Gasteiger partial charge in [-0.2, -0.15) is 0 Å². The fraction of sp³-hybridized carbons (Fsp3) is 0.615. The number of nitrogens with zero attached hydrogens (tertiary/aromatic N) is 2. The Morgan fingerprint density at radius 1 is 1.29 bits per heavy atom. The summed E-state index contributed by atoms with van der Waals surface area (Å²) in [5.74, 6) is 1.85. The molecule has 0 unspecified atom stereocenters. The summed E-state index contributed by atoms with van der Waals surface area (Å²) >= 11 is 0. The molecular weight excluding hydrogens is 212 g/mol. The predicted molar refractivity (Wildman–Crippen MR) is 72.5 cm³/mol. The number of likely N-dealkylation sites (N-methyl/N-ethyl adjacent to an activating group) is 1. The molecule has 17 heavy (non-hydrogen) atoms. The van der Waals surface area contributed by atoms with Crippen LogP contribution in [0.2, 0.25) is 0 Å². The van der Waals surface area contributed by atoms with Gasteiger partial charge in [0.2, 0.25) is 0 Å². The fourth-order valence-electron chi connectivity index (χ4n) is 2.29. The molecule has 1 aliphatic rings. The van der Waals surface area contributed by atoms with E-state index in [2.05, 4.69) is 34.6 Å². The summed E-state index contributed by atoms with van der Waals surface area (Å²) in [4.78, 5) is 6.81. The molecule has 0 saturated heterocycles. The van der Waals surface area contributed by atoms with Gasteiger partial charge in [0.25, 0.3) is 0 Å². The fourth-order valence-corrected chi connectivity index (χ4v) is 2.29. The van der Waals surface area contributed by atoms with Crippen molar-refractivity contribution in [2.45, 2.75) is 24.8 Å². The van der Waals surface area contributed by atoms with E-state index in [-0.39, 0.29) is 0 Å². The van der Waals surface area contributed by atoms with Crippen molar-refractivity contribution in [3.8, 4) is 0 Å². The third-order valence-corrected chi connectivity index (χ3v) is 3.84. The Balaban J connectivity index is 1.97. The zero-order valence-electron chi connectivity index (χ0n) is 11.0. The summed E-state index contributed by atoms with van der Waals surface area (Å²) in [6.07, 6.45) is 3.89. The standard InChI is InChI=1S/C13H22N4/c1-14-11-6-4-7-12(16-11)15-10-13(17(2)3)8-5-9-13/h4,6-7H,5,8-10H2,1-3H3,(H2,14,15,16). The smallest absolute Gasteiger partial charge is 0.128 e. The van der Waals surface area contributed by atoms with E-state index in [9.17, 15) is 0 Å². The lowest BCUT2D eigenvalue weighted by atomic mass is 9.75. The molecule has 0 radical (unpaired) electrons. The van der Waals surface area contributed by atoms with Crippen LogP contribution >= 0.6 is 0 Å². The summed E-state index contributed by atoms with van der Waals surface area (Å²) in [5, 5.41) is 6.50. The second kappa shape index (κ2) is 4.92. The monoisotopic (exact) mass is 234 g/mol. The van der Waals surface area contributed by atoms with Gasteiger partial charge < -0.3 is 15.5 Å². The molecule has 0 atom stereocenters. The SMILES string of the molecule is CNc1cccc(NCC2(N(C)C)CCC2)n1. The van der Waals surface area contributed by atoms with E-state index < -0.39 is 0 Å². The summed E-state index contributed by atoms with van der Waals surface area (Å²) in [6.45, 7) is 0.972. The molecule has 4 nitrogen and oxygen atoms in total. The zero-order chi connectivity index (χ0) is 12.3. The van der Waals surface area contributed by atoms with E-state index in [0.717, 1.165) is 18.2 Å². The van der Waals surface area contributed by atoms with Crippen molar-refractivity contribution >= 4 is 11.6 Å².